The van der Waals surface area contributed by atoms with E-state index in [1.165, 1.54) is 25.8 Å². The van der Waals surface area contributed by atoms with Crippen LogP contribution in [-0.2, 0) is 14.3 Å². The molecule has 3 fully saturated rings. The van der Waals surface area contributed by atoms with Crippen LogP contribution in [0.5, 0.6) is 0 Å². The molecule has 3 aliphatic rings. The van der Waals surface area contributed by atoms with Gasteiger partial charge in [0, 0.05) is 38.8 Å². The van der Waals surface area contributed by atoms with Gasteiger partial charge in [-0.25, -0.2) is 0 Å². The standard InChI is InChI=1S/C19H35N3O3/c1-18(2)24-14-19(3,15-25-18)17(23)22-11-9-21(10-12-22)13-16-7-5-6-8-20(16)4/h16H,5-15H2,1-4H3/t16-/m0/s1. The first-order chi connectivity index (χ1) is 11.8. The molecule has 0 saturated carbocycles. The average Bonchev–Trinajstić information content (AvgIpc) is 2.60. The first-order valence-corrected chi connectivity index (χ1v) is 9.79. The number of rotatable bonds is 3. The Morgan fingerprint density at radius 2 is 1.64 bits per heavy atom. The number of carbonyl (C=O) groups is 1. The molecule has 6 nitrogen and oxygen atoms in total. The Kier molecular flexibility index (Phi) is 5.73. The van der Waals surface area contributed by atoms with Gasteiger partial charge in [0.2, 0.25) is 5.91 Å². The van der Waals surface area contributed by atoms with Crippen molar-refractivity contribution < 1.29 is 14.3 Å². The van der Waals surface area contributed by atoms with Crippen molar-refractivity contribution in [2.75, 3.05) is 59.5 Å². The molecule has 0 bridgehead atoms. The molecule has 1 amide bonds. The van der Waals surface area contributed by atoms with E-state index in [9.17, 15) is 4.79 Å². The van der Waals surface area contributed by atoms with Crippen LogP contribution in [0.3, 0.4) is 0 Å². The van der Waals surface area contributed by atoms with Crippen LogP contribution in [0.25, 0.3) is 0 Å². The first-order valence-electron chi connectivity index (χ1n) is 9.79. The summed E-state index contributed by atoms with van der Waals surface area (Å²) in [5, 5.41) is 0. The van der Waals surface area contributed by atoms with Crippen molar-refractivity contribution in [3.8, 4) is 0 Å². The lowest BCUT2D eigenvalue weighted by atomic mass is 9.89. The summed E-state index contributed by atoms with van der Waals surface area (Å²) < 4.78 is 11.5. The number of piperidine rings is 1. The molecule has 0 spiro atoms. The maximum Gasteiger partial charge on any atom is 0.233 e. The van der Waals surface area contributed by atoms with Crippen molar-refractivity contribution in [3.63, 3.8) is 0 Å². The summed E-state index contributed by atoms with van der Waals surface area (Å²) in [6.07, 6.45) is 3.98. The summed E-state index contributed by atoms with van der Waals surface area (Å²) in [6.45, 7) is 12.6. The first kappa shape index (κ1) is 19.1. The van der Waals surface area contributed by atoms with Gasteiger partial charge < -0.3 is 19.3 Å². The third-order valence-corrected chi connectivity index (χ3v) is 6.04. The third kappa shape index (κ3) is 4.54. The Bertz CT molecular complexity index is 465. The van der Waals surface area contributed by atoms with Crippen molar-refractivity contribution in [1.82, 2.24) is 14.7 Å². The molecular formula is C19H35N3O3. The topological polar surface area (TPSA) is 45.2 Å². The Hall–Kier alpha value is -0.690. The zero-order valence-corrected chi connectivity index (χ0v) is 16.4. The summed E-state index contributed by atoms with van der Waals surface area (Å²) >= 11 is 0. The van der Waals surface area contributed by atoms with E-state index in [0.29, 0.717) is 19.3 Å². The quantitative estimate of drug-likeness (QED) is 0.768. The van der Waals surface area contributed by atoms with E-state index in [4.69, 9.17) is 9.47 Å². The summed E-state index contributed by atoms with van der Waals surface area (Å²) in [5.41, 5.74) is -0.554. The number of carbonyl (C=O) groups excluding carboxylic acids is 1. The van der Waals surface area contributed by atoms with Crippen LogP contribution in [0.15, 0.2) is 0 Å². The minimum absolute atomic E-state index is 0.178. The van der Waals surface area contributed by atoms with Crippen LogP contribution in [-0.4, -0.2) is 92.0 Å². The lowest BCUT2D eigenvalue weighted by Crippen LogP contribution is -2.58. The van der Waals surface area contributed by atoms with E-state index < -0.39 is 11.2 Å². The highest BCUT2D eigenvalue weighted by atomic mass is 16.7. The maximum atomic E-state index is 13.0. The molecule has 3 rings (SSSR count). The van der Waals surface area contributed by atoms with Crippen molar-refractivity contribution in [3.05, 3.63) is 0 Å². The highest BCUT2D eigenvalue weighted by molar-refractivity contribution is 5.83. The molecule has 0 radical (unpaired) electrons. The fourth-order valence-corrected chi connectivity index (χ4v) is 4.06. The zero-order valence-electron chi connectivity index (χ0n) is 16.4. The predicted molar refractivity (Wildman–Crippen MR) is 97.4 cm³/mol. The number of amides is 1. The van der Waals surface area contributed by atoms with Gasteiger partial charge in [0.25, 0.3) is 0 Å². The van der Waals surface area contributed by atoms with E-state index in [1.54, 1.807) is 0 Å². The number of ether oxygens (including phenoxy) is 2. The molecule has 6 heteroatoms. The highest BCUT2D eigenvalue weighted by Gasteiger charge is 2.44. The Balaban J connectivity index is 1.47. The minimum Gasteiger partial charge on any atom is -0.349 e. The fraction of sp³-hybridized carbons (Fsp3) is 0.947. The van der Waals surface area contributed by atoms with Gasteiger partial charge in [-0.3, -0.25) is 9.69 Å². The zero-order chi connectivity index (χ0) is 18.1. The smallest absolute Gasteiger partial charge is 0.233 e. The summed E-state index contributed by atoms with van der Waals surface area (Å²) in [6, 6.07) is 0.677. The second kappa shape index (κ2) is 7.51. The van der Waals surface area contributed by atoms with E-state index in [1.807, 2.05) is 25.7 Å². The SMILES string of the molecule is CN1CCCC[C@H]1CN1CCN(C(=O)C2(C)COC(C)(C)OC2)CC1. The largest absolute Gasteiger partial charge is 0.349 e. The Morgan fingerprint density at radius 3 is 2.24 bits per heavy atom. The molecular weight excluding hydrogens is 318 g/mol. The molecule has 0 aromatic rings. The molecule has 0 unspecified atom stereocenters. The molecule has 0 aliphatic carbocycles. The summed E-state index contributed by atoms with van der Waals surface area (Å²) in [4.78, 5) is 20.0. The summed E-state index contributed by atoms with van der Waals surface area (Å²) in [7, 11) is 2.25. The van der Waals surface area contributed by atoms with Crippen LogP contribution >= 0.6 is 0 Å². The van der Waals surface area contributed by atoms with E-state index in [0.717, 1.165) is 32.7 Å². The Morgan fingerprint density at radius 1 is 1.00 bits per heavy atom. The minimum atomic E-state index is -0.579. The second-order valence-electron chi connectivity index (χ2n) is 8.76. The van der Waals surface area contributed by atoms with Crippen LogP contribution < -0.4 is 0 Å². The molecule has 25 heavy (non-hydrogen) atoms. The number of piperazine rings is 1. The molecule has 144 valence electrons. The Labute approximate surface area is 152 Å². The van der Waals surface area contributed by atoms with Crippen molar-refractivity contribution in [1.29, 1.82) is 0 Å². The second-order valence-corrected chi connectivity index (χ2v) is 8.76. The summed E-state index contributed by atoms with van der Waals surface area (Å²) in [5.74, 6) is -0.401. The van der Waals surface area contributed by atoms with Gasteiger partial charge >= 0.3 is 0 Å². The van der Waals surface area contributed by atoms with E-state index >= 15 is 0 Å². The van der Waals surface area contributed by atoms with Crippen LogP contribution in [0, 0.1) is 5.41 Å². The van der Waals surface area contributed by atoms with Crippen molar-refractivity contribution in [2.45, 2.75) is 51.9 Å². The molecule has 0 aromatic heterocycles. The molecule has 3 aliphatic heterocycles. The van der Waals surface area contributed by atoms with Crippen LogP contribution in [0.4, 0.5) is 0 Å². The van der Waals surface area contributed by atoms with Gasteiger partial charge in [0.1, 0.15) is 0 Å². The average molecular weight is 354 g/mol. The van der Waals surface area contributed by atoms with Gasteiger partial charge in [-0.05, 0) is 47.2 Å². The molecule has 0 N–H and O–H groups in total. The van der Waals surface area contributed by atoms with Gasteiger partial charge in [0.05, 0.1) is 18.6 Å². The monoisotopic (exact) mass is 353 g/mol. The number of likely N-dealkylation sites (tertiary alicyclic amines) is 1. The lowest BCUT2D eigenvalue weighted by molar-refractivity contribution is -0.279. The van der Waals surface area contributed by atoms with Crippen LogP contribution in [0.2, 0.25) is 0 Å². The molecule has 0 aromatic carbocycles. The fourth-order valence-electron chi connectivity index (χ4n) is 4.06. The number of hydrogen-bond donors (Lipinski definition) is 0. The molecule has 3 heterocycles. The van der Waals surface area contributed by atoms with E-state index in [-0.39, 0.29) is 5.91 Å². The van der Waals surface area contributed by atoms with Gasteiger partial charge in [-0.2, -0.15) is 0 Å². The molecule has 3 saturated heterocycles. The van der Waals surface area contributed by atoms with E-state index in [2.05, 4.69) is 16.8 Å². The van der Waals surface area contributed by atoms with Gasteiger partial charge in [-0.15, -0.1) is 0 Å². The number of likely N-dealkylation sites (N-methyl/N-ethyl adjacent to an activating group) is 1. The third-order valence-electron chi connectivity index (χ3n) is 6.04. The van der Waals surface area contributed by atoms with Gasteiger partial charge in [-0.1, -0.05) is 6.42 Å². The molecule has 1 atom stereocenters. The normalized spacial score (nSPS) is 31.0. The maximum absolute atomic E-state index is 13.0. The highest BCUT2D eigenvalue weighted by Crippen LogP contribution is 2.31. The van der Waals surface area contributed by atoms with Crippen LogP contribution in [0.1, 0.15) is 40.0 Å². The van der Waals surface area contributed by atoms with Crippen molar-refractivity contribution in [2.24, 2.45) is 5.41 Å². The predicted octanol–water partition coefficient (Wildman–Crippen LogP) is 1.40. The number of hydrogen-bond acceptors (Lipinski definition) is 5. The lowest BCUT2D eigenvalue weighted by Gasteiger charge is -2.45. The van der Waals surface area contributed by atoms with Crippen molar-refractivity contribution >= 4 is 5.91 Å². The van der Waals surface area contributed by atoms with Gasteiger partial charge in [0.15, 0.2) is 5.79 Å². The number of nitrogens with zero attached hydrogens (tertiary/aromatic N) is 3.